The van der Waals surface area contributed by atoms with E-state index in [-0.39, 0.29) is 30.4 Å². The molecule has 3 atom stereocenters. The van der Waals surface area contributed by atoms with Gasteiger partial charge in [0.15, 0.2) is 0 Å². The van der Waals surface area contributed by atoms with Crippen molar-refractivity contribution in [3.63, 3.8) is 0 Å². The molecule has 108 valence electrons. The standard InChI is InChI=1S/C13H24I3N2/c1-7-12(4,11(15)10-14)13(8-2,16-17-5)18(6)9-3/h7,11H,1,5,8-10H2,2-4,6H3/q-1/t11-,12-,13?/m1/s1. The molecule has 0 aliphatic rings. The number of nitrogens with zero attached hydrogens (tertiary/aromatic N) is 2. The van der Waals surface area contributed by atoms with Crippen LogP contribution in [0.1, 0.15) is 27.2 Å². The minimum atomic E-state index is -0.347. The van der Waals surface area contributed by atoms with Gasteiger partial charge in [-0.05, 0) is 0 Å². The topological polar surface area (TPSA) is 15.6 Å². The Morgan fingerprint density at radius 3 is 2.33 bits per heavy atom. The van der Waals surface area contributed by atoms with Crippen molar-refractivity contribution in [2.75, 3.05) is 18.0 Å². The van der Waals surface area contributed by atoms with Crippen LogP contribution in [-0.2, 0) is 0 Å². The van der Waals surface area contributed by atoms with Gasteiger partial charge in [0.25, 0.3) is 0 Å². The van der Waals surface area contributed by atoms with Gasteiger partial charge in [0, 0.05) is 0 Å². The molecular weight excluding hydrogens is 565 g/mol. The fraction of sp³-hybridized carbons (Fsp3) is 0.769. The molecule has 0 spiro atoms. The first-order valence-corrected chi connectivity index (χ1v) is 10.9. The van der Waals surface area contributed by atoms with Gasteiger partial charge in [-0.1, -0.05) is 0 Å². The van der Waals surface area contributed by atoms with Crippen molar-refractivity contribution in [1.29, 1.82) is 0 Å². The SMILES string of the molecule is C=C[C@](C)([C@H](I)CI)C(CC)([I-]N=C)N(C)CC. The van der Waals surface area contributed by atoms with E-state index in [0.29, 0.717) is 3.92 Å². The van der Waals surface area contributed by atoms with Crippen LogP contribution in [0.3, 0.4) is 0 Å². The molecule has 0 saturated heterocycles. The van der Waals surface area contributed by atoms with Crippen LogP contribution in [0.4, 0.5) is 0 Å². The molecule has 0 aliphatic carbocycles. The Morgan fingerprint density at radius 1 is 1.50 bits per heavy atom. The maximum absolute atomic E-state index is 4.34. The van der Waals surface area contributed by atoms with Gasteiger partial charge in [-0.15, -0.1) is 0 Å². The molecule has 2 nitrogen and oxygen atoms in total. The summed E-state index contributed by atoms with van der Waals surface area (Å²) in [5.74, 6) is 0. The first kappa shape index (κ1) is 19.6. The summed E-state index contributed by atoms with van der Waals surface area (Å²) < 4.78 is 6.14. The predicted molar refractivity (Wildman–Crippen MR) is 95.9 cm³/mol. The molecule has 5 heteroatoms. The monoisotopic (exact) mass is 589 g/mol. The van der Waals surface area contributed by atoms with E-state index in [9.17, 15) is 0 Å². The van der Waals surface area contributed by atoms with Gasteiger partial charge in [-0.25, -0.2) is 0 Å². The van der Waals surface area contributed by atoms with Gasteiger partial charge in [0.05, 0.1) is 0 Å². The van der Waals surface area contributed by atoms with Crippen LogP contribution >= 0.6 is 45.2 Å². The van der Waals surface area contributed by atoms with Crippen molar-refractivity contribution in [3.05, 3.63) is 12.7 Å². The number of alkyl halides is 3. The Hall–Kier alpha value is 1.56. The van der Waals surface area contributed by atoms with Crippen LogP contribution in [0.25, 0.3) is 0 Å². The molecule has 1 unspecified atom stereocenters. The van der Waals surface area contributed by atoms with Crippen molar-refractivity contribution in [2.45, 2.75) is 34.7 Å². The van der Waals surface area contributed by atoms with Gasteiger partial charge in [-0.2, -0.15) is 0 Å². The molecule has 0 aliphatic heterocycles. The van der Waals surface area contributed by atoms with Crippen molar-refractivity contribution in [3.8, 4) is 0 Å². The van der Waals surface area contributed by atoms with E-state index in [2.05, 4.69) is 100 Å². The molecule has 18 heavy (non-hydrogen) atoms. The van der Waals surface area contributed by atoms with E-state index >= 15 is 0 Å². The molecule has 0 heterocycles. The Labute approximate surface area is 150 Å². The Bertz CT molecular complexity index is 285. The summed E-state index contributed by atoms with van der Waals surface area (Å²) in [6.45, 7) is 15.8. The number of hydrogen-bond acceptors (Lipinski definition) is 2. The van der Waals surface area contributed by atoms with Crippen LogP contribution in [-0.4, -0.2) is 37.1 Å². The Morgan fingerprint density at radius 2 is 2.06 bits per heavy atom. The van der Waals surface area contributed by atoms with Gasteiger partial charge in [-0.3, -0.25) is 0 Å². The van der Waals surface area contributed by atoms with E-state index in [1.165, 1.54) is 0 Å². The van der Waals surface area contributed by atoms with Crippen molar-refractivity contribution >= 4 is 51.9 Å². The van der Waals surface area contributed by atoms with E-state index in [4.69, 9.17) is 0 Å². The average molecular weight is 589 g/mol. The predicted octanol–water partition coefficient (Wildman–Crippen LogP) is 1.18. The van der Waals surface area contributed by atoms with Crippen LogP contribution in [0.2, 0.25) is 0 Å². The van der Waals surface area contributed by atoms with Gasteiger partial charge in [0.2, 0.25) is 0 Å². The number of halogens is 3. The second kappa shape index (κ2) is 8.76. The zero-order chi connectivity index (χ0) is 14.4. The molecule has 0 bridgehead atoms. The average Bonchev–Trinajstić information content (AvgIpc) is 2.41. The molecule has 0 radical (unpaired) electrons. The van der Waals surface area contributed by atoms with Gasteiger partial charge < -0.3 is 0 Å². The Kier molecular flexibility index (Phi) is 9.52. The summed E-state index contributed by atoms with van der Waals surface area (Å²) in [4.78, 5) is 2.47. The Balaban J connectivity index is 5.77. The molecule has 0 amide bonds. The zero-order valence-corrected chi connectivity index (χ0v) is 18.2. The number of rotatable bonds is 9. The summed E-state index contributed by atoms with van der Waals surface area (Å²) in [6.07, 6.45) is 3.26. The third kappa shape index (κ3) is 3.60. The molecule has 0 N–H and O–H groups in total. The molecule has 0 aromatic rings. The van der Waals surface area contributed by atoms with E-state index in [0.717, 1.165) is 17.4 Å². The van der Waals surface area contributed by atoms with Crippen molar-refractivity contribution in [1.82, 2.24) is 4.90 Å². The first-order chi connectivity index (χ1) is 8.39. The second-order valence-corrected chi connectivity index (χ2v) is 9.77. The summed E-state index contributed by atoms with van der Waals surface area (Å²) in [5.41, 5.74) is 0.0722. The fourth-order valence-corrected chi connectivity index (χ4v) is 7.32. The first-order valence-electron chi connectivity index (χ1n) is 6.06. The van der Waals surface area contributed by atoms with Gasteiger partial charge in [0.1, 0.15) is 0 Å². The quantitative estimate of drug-likeness (QED) is 0.130. The van der Waals surface area contributed by atoms with E-state index in [1.54, 1.807) is 0 Å². The van der Waals surface area contributed by atoms with Crippen LogP contribution in [0.5, 0.6) is 0 Å². The summed E-state index contributed by atoms with van der Waals surface area (Å²) in [7, 11) is 2.21. The van der Waals surface area contributed by atoms with Crippen LogP contribution in [0.15, 0.2) is 15.9 Å². The minimum absolute atomic E-state index is 0.0722. The molecule has 0 aromatic heterocycles. The second-order valence-electron chi connectivity index (χ2n) is 4.44. The van der Waals surface area contributed by atoms with Gasteiger partial charge >= 0.3 is 152 Å². The third-order valence-electron chi connectivity index (χ3n) is 3.78. The molecular formula is C13H24I3N2-. The fourth-order valence-electron chi connectivity index (χ4n) is 2.31. The summed E-state index contributed by atoms with van der Waals surface area (Å²) >= 11 is 4.70. The van der Waals surface area contributed by atoms with Crippen molar-refractivity contribution < 1.29 is 21.5 Å². The van der Waals surface area contributed by atoms with E-state index < -0.39 is 0 Å². The molecule has 0 aromatic carbocycles. The molecule has 0 rings (SSSR count). The summed E-state index contributed by atoms with van der Waals surface area (Å²) in [5, 5.41) is 0. The van der Waals surface area contributed by atoms with E-state index in [1.807, 2.05) is 0 Å². The van der Waals surface area contributed by atoms with Crippen molar-refractivity contribution in [2.24, 2.45) is 8.62 Å². The van der Waals surface area contributed by atoms with Crippen LogP contribution < -0.4 is 21.5 Å². The zero-order valence-electron chi connectivity index (χ0n) is 11.7. The number of hydrogen-bond donors (Lipinski definition) is 0. The normalized spacial score (nSPS) is 20.2. The summed E-state index contributed by atoms with van der Waals surface area (Å²) in [6, 6.07) is 0. The van der Waals surface area contributed by atoms with Crippen LogP contribution in [0, 0.1) is 5.41 Å². The third-order valence-corrected chi connectivity index (χ3v) is 12.0. The molecule has 0 fully saturated rings. The molecule has 0 saturated carbocycles. The maximum atomic E-state index is 4.34.